The number of nitrogens with zero attached hydrogens (tertiary/aromatic N) is 3. The molecule has 84 valence electrons. The zero-order valence-corrected chi connectivity index (χ0v) is 9.70. The molecule has 1 N–H and O–H groups in total. The first-order chi connectivity index (χ1) is 7.70. The molecule has 2 heterocycles. The van der Waals surface area contributed by atoms with E-state index >= 15 is 0 Å². The van der Waals surface area contributed by atoms with Gasteiger partial charge in [-0.15, -0.1) is 0 Å². The SMILES string of the molecule is Cc1ccc(C#N)c(N2CCNC(C)C2)n1. The first-order valence-corrected chi connectivity index (χ1v) is 5.57. The average Bonchev–Trinajstić information content (AvgIpc) is 2.29. The summed E-state index contributed by atoms with van der Waals surface area (Å²) in [5.41, 5.74) is 1.62. The Morgan fingerprint density at radius 3 is 3.06 bits per heavy atom. The average molecular weight is 216 g/mol. The van der Waals surface area contributed by atoms with E-state index in [4.69, 9.17) is 5.26 Å². The van der Waals surface area contributed by atoms with Crippen molar-refractivity contribution in [2.45, 2.75) is 19.9 Å². The van der Waals surface area contributed by atoms with Gasteiger partial charge in [0.15, 0.2) is 0 Å². The van der Waals surface area contributed by atoms with E-state index in [0.29, 0.717) is 11.6 Å². The number of piperazine rings is 1. The predicted molar refractivity (Wildman–Crippen MR) is 63.4 cm³/mol. The van der Waals surface area contributed by atoms with E-state index in [1.54, 1.807) is 0 Å². The summed E-state index contributed by atoms with van der Waals surface area (Å²) >= 11 is 0. The van der Waals surface area contributed by atoms with Crippen LogP contribution in [0.3, 0.4) is 0 Å². The molecule has 1 aromatic heterocycles. The van der Waals surface area contributed by atoms with Crippen molar-refractivity contribution in [2.24, 2.45) is 0 Å². The maximum absolute atomic E-state index is 9.07. The molecule has 4 heteroatoms. The number of aromatic nitrogens is 1. The van der Waals surface area contributed by atoms with E-state index in [9.17, 15) is 0 Å². The molecular weight excluding hydrogens is 200 g/mol. The number of hydrogen-bond acceptors (Lipinski definition) is 4. The lowest BCUT2D eigenvalue weighted by molar-refractivity contribution is 0.482. The standard InChI is InChI=1S/C12H16N4/c1-9-3-4-11(7-13)12(15-9)16-6-5-14-10(2)8-16/h3-4,10,14H,5-6,8H2,1-2H3. The van der Waals surface area contributed by atoms with Crippen LogP contribution in [0, 0.1) is 18.3 Å². The summed E-state index contributed by atoms with van der Waals surface area (Å²) < 4.78 is 0. The monoisotopic (exact) mass is 216 g/mol. The Morgan fingerprint density at radius 1 is 1.56 bits per heavy atom. The third-order valence-electron chi connectivity index (χ3n) is 2.80. The van der Waals surface area contributed by atoms with Crippen LogP contribution in [0.25, 0.3) is 0 Å². The number of nitriles is 1. The van der Waals surface area contributed by atoms with Gasteiger partial charge in [-0.25, -0.2) is 4.98 Å². The topological polar surface area (TPSA) is 52.0 Å². The molecule has 16 heavy (non-hydrogen) atoms. The maximum Gasteiger partial charge on any atom is 0.146 e. The van der Waals surface area contributed by atoms with Gasteiger partial charge in [-0.05, 0) is 26.0 Å². The first-order valence-electron chi connectivity index (χ1n) is 5.57. The second-order valence-electron chi connectivity index (χ2n) is 4.24. The molecule has 0 amide bonds. The second-order valence-corrected chi connectivity index (χ2v) is 4.24. The van der Waals surface area contributed by atoms with E-state index in [1.807, 2.05) is 19.1 Å². The minimum atomic E-state index is 0.447. The molecule has 1 unspecified atom stereocenters. The van der Waals surface area contributed by atoms with Crippen LogP contribution in [0.15, 0.2) is 12.1 Å². The van der Waals surface area contributed by atoms with Crippen LogP contribution in [0.1, 0.15) is 18.2 Å². The highest BCUT2D eigenvalue weighted by Crippen LogP contribution is 2.18. The molecule has 2 rings (SSSR count). The number of anilines is 1. The second kappa shape index (κ2) is 4.50. The minimum Gasteiger partial charge on any atom is -0.353 e. The van der Waals surface area contributed by atoms with Crippen molar-refractivity contribution in [3.8, 4) is 6.07 Å². The van der Waals surface area contributed by atoms with Gasteiger partial charge in [0.2, 0.25) is 0 Å². The highest BCUT2D eigenvalue weighted by molar-refractivity contribution is 5.54. The number of hydrogen-bond donors (Lipinski definition) is 1. The van der Waals surface area contributed by atoms with Crippen molar-refractivity contribution in [1.29, 1.82) is 5.26 Å². The van der Waals surface area contributed by atoms with Gasteiger partial charge in [0.1, 0.15) is 11.9 Å². The normalized spacial score (nSPS) is 20.6. The fraction of sp³-hybridized carbons (Fsp3) is 0.500. The quantitative estimate of drug-likeness (QED) is 0.762. The van der Waals surface area contributed by atoms with Gasteiger partial charge in [0.05, 0.1) is 5.56 Å². The Bertz CT molecular complexity index is 422. The Balaban J connectivity index is 2.31. The van der Waals surface area contributed by atoms with Gasteiger partial charge in [0, 0.05) is 31.4 Å². The molecule has 1 fully saturated rings. The van der Waals surface area contributed by atoms with Crippen molar-refractivity contribution in [3.05, 3.63) is 23.4 Å². The van der Waals surface area contributed by atoms with Crippen LogP contribution in [0.2, 0.25) is 0 Å². The smallest absolute Gasteiger partial charge is 0.146 e. The first kappa shape index (κ1) is 10.9. The van der Waals surface area contributed by atoms with Gasteiger partial charge in [-0.1, -0.05) is 0 Å². The lowest BCUT2D eigenvalue weighted by atomic mass is 10.2. The van der Waals surface area contributed by atoms with Crippen molar-refractivity contribution < 1.29 is 0 Å². The van der Waals surface area contributed by atoms with E-state index in [-0.39, 0.29) is 0 Å². The summed E-state index contributed by atoms with van der Waals surface area (Å²) in [6.07, 6.45) is 0. The molecular formula is C12H16N4. The van der Waals surface area contributed by atoms with E-state index < -0.39 is 0 Å². The molecule has 1 atom stereocenters. The van der Waals surface area contributed by atoms with Gasteiger partial charge >= 0.3 is 0 Å². The van der Waals surface area contributed by atoms with Crippen LogP contribution in [0.5, 0.6) is 0 Å². The van der Waals surface area contributed by atoms with Crippen molar-refractivity contribution in [1.82, 2.24) is 10.3 Å². The molecule has 0 saturated carbocycles. The fourth-order valence-corrected chi connectivity index (χ4v) is 2.00. The van der Waals surface area contributed by atoms with Crippen LogP contribution >= 0.6 is 0 Å². The van der Waals surface area contributed by atoms with Crippen LogP contribution in [-0.4, -0.2) is 30.7 Å². The molecule has 1 saturated heterocycles. The molecule has 0 bridgehead atoms. The number of nitrogens with one attached hydrogen (secondary N) is 1. The Hall–Kier alpha value is -1.60. The van der Waals surface area contributed by atoms with Gasteiger partial charge < -0.3 is 10.2 Å². The van der Waals surface area contributed by atoms with Crippen LogP contribution < -0.4 is 10.2 Å². The number of rotatable bonds is 1. The van der Waals surface area contributed by atoms with Gasteiger partial charge in [0.25, 0.3) is 0 Å². The molecule has 1 aromatic rings. The van der Waals surface area contributed by atoms with Crippen molar-refractivity contribution >= 4 is 5.82 Å². The Morgan fingerprint density at radius 2 is 2.38 bits per heavy atom. The predicted octanol–water partition coefficient (Wildman–Crippen LogP) is 1.06. The summed E-state index contributed by atoms with van der Waals surface area (Å²) in [7, 11) is 0. The molecule has 0 aromatic carbocycles. The largest absolute Gasteiger partial charge is 0.353 e. The van der Waals surface area contributed by atoms with E-state index in [1.165, 1.54) is 0 Å². The van der Waals surface area contributed by atoms with Crippen molar-refractivity contribution in [2.75, 3.05) is 24.5 Å². The molecule has 1 aliphatic heterocycles. The summed E-state index contributed by atoms with van der Waals surface area (Å²) in [6, 6.07) is 6.39. The lowest BCUT2D eigenvalue weighted by Crippen LogP contribution is -2.49. The summed E-state index contributed by atoms with van der Waals surface area (Å²) in [4.78, 5) is 6.66. The van der Waals surface area contributed by atoms with Gasteiger partial charge in [-0.2, -0.15) is 5.26 Å². The number of pyridine rings is 1. The third-order valence-corrected chi connectivity index (χ3v) is 2.80. The molecule has 1 aliphatic rings. The van der Waals surface area contributed by atoms with Gasteiger partial charge in [-0.3, -0.25) is 0 Å². The van der Waals surface area contributed by atoms with Crippen LogP contribution in [0.4, 0.5) is 5.82 Å². The molecule has 0 spiro atoms. The molecule has 4 nitrogen and oxygen atoms in total. The lowest BCUT2D eigenvalue weighted by Gasteiger charge is -2.33. The van der Waals surface area contributed by atoms with E-state index in [0.717, 1.165) is 31.1 Å². The summed E-state index contributed by atoms with van der Waals surface area (Å²) in [6.45, 7) is 6.87. The zero-order valence-electron chi connectivity index (χ0n) is 9.70. The fourth-order valence-electron chi connectivity index (χ4n) is 2.00. The van der Waals surface area contributed by atoms with E-state index in [2.05, 4.69) is 28.2 Å². The zero-order chi connectivity index (χ0) is 11.5. The third kappa shape index (κ3) is 2.15. The number of aryl methyl sites for hydroxylation is 1. The maximum atomic E-state index is 9.07. The summed E-state index contributed by atoms with van der Waals surface area (Å²) in [5.74, 6) is 0.829. The Labute approximate surface area is 95.9 Å². The van der Waals surface area contributed by atoms with Crippen LogP contribution in [-0.2, 0) is 0 Å². The van der Waals surface area contributed by atoms with Crippen molar-refractivity contribution in [3.63, 3.8) is 0 Å². The highest BCUT2D eigenvalue weighted by atomic mass is 15.2. The minimum absolute atomic E-state index is 0.447. The highest BCUT2D eigenvalue weighted by Gasteiger charge is 2.19. The summed E-state index contributed by atoms with van der Waals surface area (Å²) in [5, 5.41) is 12.5. The Kier molecular flexibility index (Phi) is 3.07. The molecule has 0 radical (unpaired) electrons. The molecule has 0 aliphatic carbocycles.